The fraction of sp³-hybridized carbons (Fsp3) is 0.600. The molecule has 1 heterocycles. The van der Waals surface area contributed by atoms with Crippen molar-refractivity contribution in [2.75, 3.05) is 0 Å². The van der Waals surface area contributed by atoms with E-state index >= 15 is 0 Å². The lowest BCUT2D eigenvalue weighted by Crippen LogP contribution is -2.39. The Morgan fingerprint density at radius 1 is 1.47 bits per heavy atom. The van der Waals surface area contributed by atoms with E-state index in [9.17, 15) is 4.79 Å². The Balaban J connectivity index is 0. The van der Waals surface area contributed by atoms with Crippen molar-refractivity contribution in [3.8, 4) is 0 Å². The van der Waals surface area contributed by atoms with Crippen molar-refractivity contribution < 1.29 is 4.79 Å². The first kappa shape index (κ1) is 19.0. The van der Waals surface area contributed by atoms with Crippen molar-refractivity contribution in [1.82, 2.24) is 10.3 Å². The second-order valence-corrected chi connectivity index (χ2v) is 4.76. The first-order valence-corrected chi connectivity index (χ1v) is 5.82. The number of halogens is 2. The lowest BCUT2D eigenvalue weighted by Gasteiger charge is -2.08. The molecule has 1 amide bonds. The van der Waals surface area contributed by atoms with E-state index in [0.29, 0.717) is 13.0 Å². The number of amides is 1. The highest BCUT2D eigenvalue weighted by Gasteiger charge is 2.11. The number of nitrogens with zero attached hydrogens (tertiary/aromatic N) is 1. The number of thiazole rings is 1. The Hall–Kier alpha value is -0.360. The molecule has 0 aliphatic heterocycles. The second-order valence-electron chi connectivity index (χ2n) is 3.47. The summed E-state index contributed by atoms with van der Waals surface area (Å²) in [5.41, 5.74) is 6.59. The zero-order valence-corrected chi connectivity index (χ0v) is 12.6. The number of aryl methyl sites for hydroxylation is 2. The normalized spacial score (nSPS) is 11.1. The van der Waals surface area contributed by atoms with Gasteiger partial charge in [-0.2, -0.15) is 0 Å². The lowest BCUT2D eigenvalue weighted by molar-refractivity contribution is -0.122. The molecule has 0 fully saturated rings. The third-order valence-corrected chi connectivity index (χ3v) is 3.27. The van der Waals surface area contributed by atoms with E-state index in [1.54, 1.807) is 11.3 Å². The zero-order chi connectivity index (χ0) is 11.4. The minimum absolute atomic E-state index is 0. The van der Waals surface area contributed by atoms with Crippen molar-refractivity contribution in [2.45, 2.75) is 39.8 Å². The van der Waals surface area contributed by atoms with E-state index in [-0.39, 0.29) is 30.7 Å². The SMILES string of the molecule is CC[C@H](N)C(=O)NCc1sc(C)nc1C.Cl.Cl. The number of nitrogens with two attached hydrogens (primary N) is 1. The van der Waals surface area contributed by atoms with Gasteiger partial charge in [-0.05, 0) is 20.3 Å². The summed E-state index contributed by atoms with van der Waals surface area (Å²) in [4.78, 5) is 16.8. The summed E-state index contributed by atoms with van der Waals surface area (Å²) in [7, 11) is 0. The molecule has 1 atom stereocenters. The maximum Gasteiger partial charge on any atom is 0.237 e. The van der Waals surface area contributed by atoms with Crippen LogP contribution in [0.5, 0.6) is 0 Å². The van der Waals surface area contributed by atoms with Gasteiger partial charge in [-0.1, -0.05) is 6.92 Å². The van der Waals surface area contributed by atoms with E-state index in [4.69, 9.17) is 5.73 Å². The quantitative estimate of drug-likeness (QED) is 0.893. The molecule has 0 unspecified atom stereocenters. The fourth-order valence-electron chi connectivity index (χ4n) is 1.22. The average Bonchev–Trinajstić information content (AvgIpc) is 2.52. The molecular weight excluding hydrogens is 281 g/mol. The van der Waals surface area contributed by atoms with E-state index in [0.717, 1.165) is 15.6 Å². The van der Waals surface area contributed by atoms with Gasteiger partial charge in [-0.25, -0.2) is 4.98 Å². The van der Waals surface area contributed by atoms with E-state index in [2.05, 4.69) is 10.3 Å². The van der Waals surface area contributed by atoms with Crippen molar-refractivity contribution in [1.29, 1.82) is 0 Å². The largest absolute Gasteiger partial charge is 0.350 e. The zero-order valence-electron chi connectivity index (χ0n) is 10.1. The maximum atomic E-state index is 11.4. The van der Waals surface area contributed by atoms with Crippen LogP contribution in [0, 0.1) is 13.8 Å². The van der Waals surface area contributed by atoms with Crippen LogP contribution in [-0.2, 0) is 11.3 Å². The molecule has 0 saturated carbocycles. The van der Waals surface area contributed by atoms with Gasteiger partial charge >= 0.3 is 0 Å². The first-order chi connectivity index (χ1) is 7.04. The summed E-state index contributed by atoms with van der Waals surface area (Å²) < 4.78 is 0. The fourth-order valence-corrected chi connectivity index (χ4v) is 2.10. The van der Waals surface area contributed by atoms with Crippen molar-refractivity contribution in [3.05, 3.63) is 15.6 Å². The lowest BCUT2D eigenvalue weighted by atomic mass is 10.2. The monoisotopic (exact) mass is 299 g/mol. The molecule has 7 heteroatoms. The third-order valence-electron chi connectivity index (χ3n) is 2.20. The summed E-state index contributed by atoms with van der Waals surface area (Å²) in [5.74, 6) is -0.0945. The van der Waals surface area contributed by atoms with E-state index < -0.39 is 6.04 Å². The van der Waals surface area contributed by atoms with Crippen LogP contribution >= 0.6 is 36.2 Å². The molecular formula is C10H19Cl2N3OS. The summed E-state index contributed by atoms with van der Waals surface area (Å²) in [6.07, 6.45) is 0.659. The van der Waals surface area contributed by atoms with Gasteiger partial charge in [0.2, 0.25) is 5.91 Å². The summed E-state index contributed by atoms with van der Waals surface area (Å²) in [6.45, 7) is 6.34. The standard InChI is InChI=1S/C10H17N3OS.2ClH/c1-4-8(11)10(14)12-5-9-6(2)13-7(3)15-9;;/h8H,4-5,11H2,1-3H3,(H,12,14);2*1H/t8-;;/m0../s1. The summed E-state index contributed by atoms with van der Waals surface area (Å²) in [6, 6.07) is -0.403. The highest BCUT2D eigenvalue weighted by atomic mass is 35.5. The Morgan fingerprint density at radius 2 is 2.06 bits per heavy atom. The van der Waals surface area contributed by atoms with Crippen LogP contribution < -0.4 is 11.1 Å². The molecule has 0 aliphatic rings. The predicted molar refractivity (Wildman–Crippen MR) is 76.2 cm³/mol. The molecule has 1 aromatic rings. The Labute approximate surface area is 118 Å². The Morgan fingerprint density at radius 3 is 2.47 bits per heavy atom. The van der Waals surface area contributed by atoms with E-state index in [1.807, 2.05) is 20.8 Å². The Bertz CT molecular complexity index is 357. The molecule has 0 aromatic carbocycles. The van der Waals surface area contributed by atoms with Crippen LogP contribution in [0.3, 0.4) is 0 Å². The molecule has 0 bridgehead atoms. The molecule has 1 aromatic heterocycles. The summed E-state index contributed by atoms with van der Waals surface area (Å²) >= 11 is 1.61. The molecule has 0 spiro atoms. The van der Waals surface area contributed by atoms with Crippen LogP contribution in [0.25, 0.3) is 0 Å². The van der Waals surface area contributed by atoms with Crippen LogP contribution in [0.1, 0.15) is 28.9 Å². The average molecular weight is 300 g/mol. The number of aromatic nitrogens is 1. The number of hydrogen-bond donors (Lipinski definition) is 2. The minimum atomic E-state index is -0.403. The number of carbonyl (C=O) groups excluding carboxylic acids is 1. The van der Waals surface area contributed by atoms with Gasteiger partial charge in [0.25, 0.3) is 0 Å². The van der Waals surface area contributed by atoms with Crippen LogP contribution in [0.4, 0.5) is 0 Å². The van der Waals surface area contributed by atoms with Crippen molar-refractivity contribution in [3.63, 3.8) is 0 Å². The number of rotatable bonds is 4. The van der Waals surface area contributed by atoms with Gasteiger partial charge in [0.15, 0.2) is 0 Å². The molecule has 0 radical (unpaired) electrons. The highest BCUT2D eigenvalue weighted by molar-refractivity contribution is 7.11. The van der Waals surface area contributed by atoms with Crippen LogP contribution in [-0.4, -0.2) is 16.9 Å². The van der Waals surface area contributed by atoms with Gasteiger partial charge < -0.3 is 11.1 Å². The number of carbonyl (C=O) groups is 1. The molecule has 0 saturated heterocycles. The van der Waals surface area contributed by atoms with Crippen molar-refractivity contribution in [2.24, 2.45) is 5.73 Å². The number of hydrogen-bond acceptors (Lipinski definition) is 4. The topological polar surface area (TPSA) is 68.0 Å². The number of nitrogens with one attached hydrogen (secondary N) is 1. The van der Waals surface area contributed by atoms with Crippen LogP contribution in [0.15, 0.2) is 0 Å². The van der Waals surface area contributed by atoms with Gasteiger partial charge in [-0.15, -0.1) is 36.2 Å². The Kier molecular flexibility index (Phi) is 9.71. The van der Waals surface area contributed by atoms with Crippen molar-refractivity contribution >= 4 is 42.1 Å². The molecule has 4 nitrogen and oxygen atoms in total. The van der Waals surface area contributed by atoms with Crippen LogP contribution in [0.2, 0.25) is 0 Å². The smallest absolute Gasteiger partial charge is 0.237 e. The van der Waals surface area contributed by atoms with E-state index in [1.165, 1.54) is 0 Å². The molecule has 17 heavy (non-hydrogen) atoms. The molecule has 100 valence electrons. The predicted octanol–water partition coefficient (Wildman–Crippen LogP) is 1.96. The molecule has 3 N–H and O–H groups in total. The first-order valence-electron chi connectivity index (χ1n) is 5.00. The molecule has 1 rings (SSSR count). The maximum absolute atomic E-state index is 11.4. The minimum Gasteiger partial charge on any atom is -0.350 e. The molecule has 0 aliphatic carbocycles. The van der Waals surface area contributed by atoms with Gasteiger partial charge in [0.1, 0.15) is 0 Å². The van der Waals surface area contributed by atoms with Gasteiger partial charge in [-0.3, -0.25) is 4.79 Å². The highest BCUT2D eigenvalue weighted by Crippen LogP contribution is 2.16. The second kappa shape index (κ2) is 8.69. The van der Waals surface area contributed by atoms with Gasteiger partial charge in [0, 0.05) is 4.88 Å². The van der Waals surface area contributed by atoms with Gasteiger partial charge in [0.05, 0.1) is 23.3 Å². The summed E-state index contributed by atoms with van der Waals surface area (Å²) in [5, 5.41) is 3.83. The third kappa shape index (κ3) is 5.68.